The van der Waals surface area contributed by atoms with Crippen molar-refractivity contribution in [1.82, 2.24) is 14.7 Å². The number of aliphatic carboxylic acids is 1. The number of aromatic nitrogens is 2. The molecule has 0 amide bonds. The largest absolute Gasteiger partial charge is 0.480 e. The van der Waals surface area contributed by atoms with Crippen LogP contribution in [-0.2, 0) is 21.2 Å². The molecular weight excluding hydrogens is 294 g/mol. The molecule has 118 valence electrons. The Morgan fingerprint density at radius 1 is 1.52 bits per heavy atom. The Labute approximate surface area is 124 Å². The van der Waals surface area contributed by atoms with Gasteiger partial charge in [-0.05, 0) is 25.5 Å². The van der Waals surface area contributed by atoms with Crippen molar-refractivity contribution >= 4 is 15.8 Å². The number of nitrogens with zero attached hydrogens (tertiary/aromatic N) is 3. The molecule has 1 atom stereocenters. The zero-order valence-corrected chi connectivity index (χ0v) is 12.9. The van der Waals surface area contributed by atoms with E-state index in [9.17, 15) is 13.2 Å². The van der Waals surface area contributed by atoms with Crippen LogP contribution in [0.15, 0.2) is 12.3 Å². The molecule has 0 spiro atoms. The highest BCUT2D eigenvalue weighted by Crippen LogP contribution is 2.26. The molecular formula is C13H21N3O4S. The third kappa shape index (κ3) is 4.82. The smallest absolute Gasteiger partial charge is 0.325 e. The summed E-state index contributed by atoms with van der Waals surface area (Å²) in [5.41, 5.74) is 0.918. The van der Waals surface area contributed by atoms with Crippen LogP contribution in [0.4, 0.5) is 0 Å². The number of carboxylic acids is 1. The normalized spacial score (nSPS) is 20.5. The van der Waals surface area contributed by atoms with Gasteiger partial charge in [0.15, 0.2) is 0 Å². The summed E-state index contributed by atoms with van der Waals surface area (Å²) in [7, 11) is -2.96. The zero-order valence-electron chi connectivity index (χ0n) is 12.1. The third-order valence-corrected chi connectivity index (χ3v) is 4.66. The molecule has 0 bridgehead atoms. The van der Waals surface area contributed by atoms with Crippen molar-refractivity contribution in [3.8, 4) is 0 Å². The van der Waals surface area contributed by atoms with Gasteiger partial charge in [-0.1, -0.05) is 0 Å². The van der Waals surface area contributed by atoms with Gasteiger partial charge in [-0.3, -0.25) is 9.48 Å². The van der Waals surface area contributed by atoms with Crippen molar-refractivity contribution in [3.63, 3.8) is 0 Å². The zero-order chi connectivity index (χ0) is 15.5. The number of sulfone groups is 1. The Morgan fingerprint density at radius 3 is 2.95 bits per heavy atom. The van der Waals surface area contributed by atoms with E-state index in [1.54, 1.807) is 6.20 Å². The van der Waals surface area contributed by atoms with Gasteiger partial charge in [-0.15, -0.1) is 0 Å². The van der Waals surface area contributed by atoms with E-state index in [4.69, 9.17) is 5.11 Å². The molecule has 0 radical (unpaired) electrons. The molecule has 2 heterocycles. The van der Waals surface area contributed by atoms with Gasteiger partial charge in [0.1, 0.15) is 16.4 Å². The average molecular weight is 315 g/mol. The number of hydrogen-bond donors (Lipinski definition) is 1. The Hall–Kier alpha value is -1.41. The highest BCUT2D eigenvalue weighted by molar-refractivity contribution is 7.90. The van der Waals surface area contributed by atoms with Crippen molar-refractivity contribution in [2.75, 3.05) is 31.6 Å². The molecule has 0 aliphatic carbocycles. The lowest BCUT2D eigenvalue weighted by atomic mass is 9.94. The third-order valence-electron chi connectivity index (χ3n) is 3.74. The first-order chi connectivity index (χ1) is 9.85. The fraction of sp³-hybridized carbons (Fsp3) is 0.692. The molecule has 1 aliphatic rings. The van der Waals surface area contributed by atoms with Crippen LogP contribution >= 0.6 is 0 Å². The topological polar surface area (TPSA) is 92.5 Å². The van der Waals surface area contributed by atoms with Crippen LogP contribution in [0.5, 0.6) is 0 Å². The molecule has 8 heteroatoms. The highest BCUT2D eigenvalue weighted by atomic mass is 32.2. The molecule has 0 unspecified atom stereocenters. The lowest BCUT2D eigenvalue weighted by molar-refractivity contribution is -0.137. The second-order valence-corrected chi connectivity index (χ2v) is 7.84. The first kappa shape index (κ1) is 16.0. The number of piperidine rings is 1. The molecule has 0 aromatic carbocycles. The summed E-state index contributed by atoms with van der Waals surface area (Å²) in [6.07, 6.45) is 4.82. The van der Waals surface area contributed by atoms with Gasteiger partial charge in [0.2, 0.25) is 0 Å². The number of rotatable bonds is 6. The standard InChI is InChI=1S/C13H21N3O4S/c1-21(19,20)8-7-15-6-2-3-11(9-15)12-4-5-14-16(12)10-13(17)18/h4-5,11H,2-3,6-10H2,1H3,(H,17,18)/t11-/m1/s1. The Kier molecular flexibility index (Phi) is 5.00. The monoisotopic (exact) mass is 315 g/mol. The van der Waals surface area contributed by atoms with Crippen LogP contribution in [0, 0.1) is 0 Å². The van der Waals surface area contributed by atoms with Crippen molar-refractivity contribution in [3.05, 3.63) is 18.0 Å². The predicted octanol–water partition coefficient (Wildman–Crippen LogP) is 0.192. The van der Waals surface area contributed by atoms with E-state index in [0.29, 0.717) is 6.54 Å². The van der Waals surface area contributed by atoms with Gasteiger partial charge < -0.3 is 10.0 Å². The minimum absolute atomic E-state index is 0.137. The molecule has 1 aliphatic heterocycles. The van der Waals surface area contributed by atoms with Crippen LogP contribution < -0.4 is 0 Å². The number of carbonyl (C=O) groups is 1. The van der Waals surface area contributed by atoms with E-state index in [1.807, 2.05) is 6.07 Å². The van der Waals surface area contributed by atoms with Gasteiger partial charge in [0, 0.05) is 37.2 Å². The summed E-state index contributed by atoms with van der Waals surface area (Å²) >= 11 is 0. The van der Waals surface area contributed by atoms with Gasteiger partial charge in [-0.25, -0.2) is 8.42 Å². The van der Waals surface area contributed by atoms with Crippen LogP contribution in [0.25, 0.3) is 0 Å². The fourth-order valence-corrected chi connectivity index (χ4v) is 3.33. The summed E-state index contributed by atoms with van der Waals surface area (Å²) in [5, 5.41) is 13.0. The Morgan fingerprint density at radius 2 is 2.29 bits per heavy atom. The van der Waals surface area contributed by atoms with Crippen LogP contribution in [0.1, 0.15) is 24.5 Å². The number of hydrogen-bond acceptors (Lipinski definition) is 5. The summed E-state index contributed by atoms with van der Waals surface area (Å²) in [6.45, 7) is 2.03. The fourth-order valence-electron chi connectivity index (χ4n) is 2.74. The van der Waals surface area contributed by atoms with E-state index < -0.39 is 15.8 Å². The SMILES string of the molecule is CS(=O)(=O)CCN1CCC[C@@H](c2ccnn2CC(=O)O)C1. The Balaban J connectivity index is 2.01. The first-order valence-corrected chi connectivity index (χ1v) is 9.05. The van der Waals surface area contributed by atoms with E-state index in [1.165, 1.54) is 10.9 Å². The lowest BCUT2D eigenvalue weighted by Crippen LogP contribution is -2.38. The number of likely N-dealkylation sites (tertiary alicyclic amines) is 1. The quantitative estimate of drug-likeness (QED) is 0.806. The van der Waals surface area contributed by atoms with Gasteiger partial charge in [0.05, 0.1) is 5.75 Å². The maximum Gasteiger partial charge on any atom is 0.325 e. The minimum atomic E-state index is -2.96. The van der Waals surface area contributed by atoms with Gasteiger partial charge in [-0.2, -0.15) is 5.10 Å². The van der Waals surface area contributed by atoms with Crippen molar-refractivity contribution in [2.24, 2.45) is 0 Å². The van der Waals surface area contributed by atoms with Gasteiger partial charge >= 0.3 is 5.97 Å². The summed E-state index contributed by atoms with van der Waals surface area (Å²) < 4.78 is 24.0. The van der Waals surface area contributed by atoms with Crippen LogP contribution in [-0.4, -0.2) is 65.8 Å². The highest BCUT2D eigenvalue weighted by Gasteiger charge is 2.24. The van der Waals surface area contributed by atoms with E-state index in [2.05, 4.69) is 10.00 Å². The summed E-state index contributed by atoms with van der Waals surface area (Å²) in [6, 6.07) is 1.85. The van der Waals surface area contributed by atoms with Crippen LogP contribution in [0.3, 0.4) is 0 Å². The summed E-state index contributed by atoms with van der Waals surface area (Å²) in [5.74, 6) is -0.543. The molecule has 1 aromatic rings. The molecule has 21 heavy (non-hydrogen) atoms. The molecule has 2 rings (SSSR count). The van der Waals surface area contributed by atoms with Crippen molar-refractivity contribution in [2.45, 2.75) is 25.3 Å². The van der Waals surface area contributed by atoms with Gasteiger partial charge in [0.25, 0.3) is 0 Å². The van der Waals surface area contributed by atoms with Crippen molar-refractivity contribution < 1.29 is 18.3 Å². The number of carboxylic acid groups (broad SMARTS) is 1. The molecule has 1 fully saturated rings. The predicted molar refractivity (Wildman–Crippen MR) is 78.0 cm³/mol. The minimum Gasteiger partial charge on any atom is -0.480 e. The maximum absolute atomic E-state index is 11.3. The lowest BCUT2D eigenvalue weighted by Gasteiger charge is -2.32. The van der Waals surface area contributed by atoms with E-state index in [-0.39, 0.29) is 18.2 Å². The first-order valence-electron chi connectivity index (χ1n) is 6.99. The molecule has 1 aromatic heterocycles. The summed E-state index contributed by atoms with van der Waals surface area (Å²) in [4.78, 5) is 13.0. The molecule has 0 saturated carbocycles. The van der Waals surface area contributed by atoms with Crippen LogP contribution in [0.2, 0.25) is 0 Å². The maximum atomic E-state index is 11.3. The second-order valence-electron chi connectivity index (χ2n) is 5.58. The Bertz CT molecular complexity index is 596. The molecule has 1 saturated heterocycles. The second kappa shape index (κ2) is 6.57. The average Bonchev–Trinajstić information content (AvgIpc) is 2.83. The van der Waals surface area contributed by atoms with Crippen molar-refractivity contribution in [1.29, 1.82) is 0 Å². The van der Waals surface area contributed by atoms with E-state index >= 15 is 0 Å². The van der Waals surface area contributed by atoms with E-state index in [0.717, 1.165) is 31.6 Å². The molecule has 7 nitrogen and oxygen atoms in total. The molecule has 1 N–H and O–H groups in total.